The van der Waals surface area contributed by atoms with Gasteiger partial charge in [-0.05, 0) is 22.6 Å². The molecule has 0 aliphatic rings. The Labute approximate surface area is 165 Å². The Bertz CT molecular complexity index is 887. The molecule has 0 aliphatic heterocycles. The molecule has 0 saturated carbocycles. The Morgan fingerprint density at radius 2 is 1.93 bits per heavy atom. The second-order valence-corrected chi connectivity index (χ2v) is 7.95. The van der Waals surface area contributed by atoms with E-state index in [0.717, 1.165) is 11.8 Å². The summed E-state index contributed by atoms with van der Waals surface area (Å²) in [5.74, 6) is -0.849. The molecule has 1 amide bonds. The molecule has 0 atom stereocenters. The summed E-state index contributed by atoms with van der Waals surface area (Å²) in [6, 6.07) is 10.4. The van der Waals surface area contributed by atoms with Crippen molar-refractivity contribution < 1.29 is 14.8 Å². The summed E-state index contributed by atoms with van der Waals surface area (Å²) in [6.07, 6.45) is 1.31. The first-order valence-electron chi connectivity index (χ1n) is 8.16. The lowest BCUT2D eigenvalue weighted by Gasteiger charge is -2.19. The van der Waals surface area contributed by atoms with Crippen LogP contribution >= 0.6 is 15.9 Å². The third-order valence-electron chi connectivity index (χ3n) is 3.86. The number of carbonyl (C=O) groups is 1. The van der Waals surface area contributed by atoms with E-state index in [0.29, 0.717) is 4.47 Å². The van der Waals surface area contributed by atoms with Crippen molar-refractivity contribution in [3.63, 3.8) is 0 Å². The van der Waals surface area contributed by atoms with Crippen molar-refractivity contribution in [2.24, 2.45) is 5.10 Å². The van der Waals surface area contributed by atoms with E-state index in [1.165, 1.54) is 17.7 Å². The smallest absolute Gasteiger partial charge is 0.312 e. The number of nitrogens with zero attached hydrogens (tertiary/aromatic N) is 2. The molecular formula is C19H20BrN3O4. The van der Waals surface area contributed by atoms with Gasteiger partial charge >= 0.3 is 5.69 Å². The summed E-state index contributed by atoms with van der Waals surface area (Å²) in [4.78, 5) is 22.2. The summed E-state index contributed by atoms with van der Waals surface area (Å²) in [5.41, 5.74) is 4.09. The van der Waals surface area contributed by atoms with Crippen LogP contribution in [0.25, 0.3) is 0 Å². The zero-order valence-corrected chi connectivity index (χ0v) is 16.8. The van der Waals surface area contributed by atoms with Gasteiger partial charge in [-0.15, -0.1) is 0 Å². The number of nitro benzene ring substituents is 1. The SMILES string of the molecule is CC(C)(C)c1ccc(CC(=O)NN=Cc2cc(Br)cc([N+](=O)[O-])c2O)cc1. The Hall–Kier alpha value is -2.74. The molecule has 142 valence electrons. The normalized spacial score (nSPS) is 11.6. The molecular weight excluding hydrogens is 414 g/mol. The highest BCUT2D eigenvalue weighted by Crippen LogP contribution is 2.32. The third kappa shape index (κ3) is 5.62. The Morgan fingerprint density at radius 1 is 1.30 bits per heavy atom. The molecule has 0 unspecified atom stereocenters. The average molecular weight is 434 g/mol. The van der Waals surface area contributed by atoms with Gasteiger partial charge in [0.15, 0.2) is 0 Å². The number of rotatable bonds is 5. The maximum absolute atomic E-state index is 12.0. The van der Waals surface area contributed by atoms with Gasteiger partial charge in [-0.3, -0.25) is 14.9 Å². The molecule has 2 aromatic rings. The van der Waals surface area contributed by atoms with Crippen LogP contribution in [0.15, 0.2) is 46.0 Å². The number of nitro groups is 1. The fourth-order valence-electron chi connectivity index (χ4n) is 2.36. The second-order valence-electron chi connectivity index (χ2n) is 7.04. The lowest BCUT2D eigenvalue weighted by molar-refractivity contribution is -0.385. The van der Waals surface area contributed by atoms with Gasteiger partial charge in [-0.25, -0.2) is 5.43 Å². The van der Waals surface area contributed by atoms with Crippen LogP contribution in [0.1, 0.15) is 37.5 Å². The number of nitrogens with one attached hydrogen (secondary N) is 1. The first-order valence-corrected chi connectivity index (χ1v) is 8.95. The number of phenolic OH excluding ortho intramolecular Hbond substituents is 1. The molecule has 7 nitrogen and oxygen atoms in total. The average Bonchev–Trinajstić information content (AvgIpc) is 2.57. The summed E-state index contributed by atoms with van der Waals surface area (Å²) < 4.78 is 0.415. The van der Waals surface area contributed by atoms with Crippen molar-refractivity contribution in [3.8, 4) is 5.75 Å². The van der Waals surface area contributed by atoms with Crippen molar-refractivity contribution in [2.75, 3.05) is 0 Å². The van der Waals surface area contributed by atoms with Crippen LogP contribution in [0.2, 0.25) is 0 Å². The molecule has 0 aliphatic carbocycles. The van der Waals surface area contributed by atoms with Crippen LogP contribution in [0.4, 0.5) is 5.69 Å². The van der Waals surface area contributed by atoms with E-state index in [9.17, 15) is 20.0 Å². The Balaban J connectivity index is 2.02. The van der Waals surface area contributed by atoms with Crippen molar-refractivity contribution in [1.29, 1.82) is 0 Å². The van der Waals surface area contributed by atoms with E-state index >= 15 is 0 Å². The molecule has 0 aromatic heterocycles. The molecule has 8 heteroatoms. The number of benzene rings is 2. The topological polar surface area (TPSA) is 105 Å². The third-order valence-corrected chi connectivity index (χ3v) is 4.32. The number of hydrogen-bond donors (Lipinski definition) is 2. The lowest BCUT2D eigenvalue weighted by atomic mass is 9.86. The van der Waals surface area contributed by atoms with Gasteiger partial charge in [0.2, 0.25) is 11.7 Å². The number of halogens is 1. The fourth-order valence-corrected chi connectivity index (χ4v) is 2.83. The van der Waals surface area contributed by atoms with E-state index in [4.69, 9.17) is 0 Å². The quantitative estimate of drug-likeness (QED) is 0.421. The van der Waals surface area contributed by atoms with Crippen LogP contribution in [-0.2, 0) is 16.6 Å². The molecule has 2 N–H and O–H groups in total. The Kier molecular flexibility index (Phi) is 6.32. The maximum Gasteiger partial charge on any atom is 0.312 e. The molecule has 0 bridgehead atoms. The number of aromatic hydroxyl groups is 1. The number of hydrazone groups is 1. The van der Waals surface area contributed by atoms with Gasteiger partial charge < -0.3 is 5.11 Å². The van der Waals surface area contributed by atoms with E-state index in [1.54, 1.807) is 0 Å². The van der Waals surface area contributed by atoms with Gasteiger partial charge in [-0.1, -0.05) is 61.0 Å². The van der Waals surface area contributed by atoms with Crippen molar-refractivity contribution in [1.82, 2.24) is 5.43 Å². The minimum Gasteiger partial charge on any atom is -0.502 e. The summed E-state index contributed by atoms with van der Waals surface area (Å²) in [7, 11) is 0. The first-order chi connectivity index (χ1) is 12.6. The lowest BCUT2D eigenvalue weighted by Crippen LogP contribution is -2.20. The maximum atomic E-state index is 12.0. The fraction of sp³-hybridized carbons (Fsp3) is 0.263. The molecule has 2 aromatic carbocycles. The minimum atomic E-state index is -0.697. The molecule has 0 saturated heterocycles. The van der Waals surface area contributed by atoms with Gasteiger partial charge in [0.1, 0.15) is 0 Å². The highest BCUT2D eigenvalue weighted by atomic mass is 79.9. The first kappa shape index (κ1) is 20.6. The van der Waals surface area contributed by atoms with Gasteiger partial charge in [0, 0.05) is 16.1 Å². The largest absolute Gasteiger partial charge is 0.502 e. The molecule has 2 rings (SSSR count). The van der Waals surface area contributed by atoms with E-state index in [1.807, 2.05) is 24.3 Å². The van der Waals surface area contributed by atoms with Crippen molar-refractivity contribution in [3.05, 3.63) is 67.7 Å². The number of hydrogen-bond acceptors (Lipinski definition) is 5. The van der Waals surface area contributed by atoms with Crippen LogP contribution < -0.4 is 5.43 Å². The van der Waals surface area contributed by atoms with Gasteiger partial charge in [0.25, 0.3) is 0 Å². The highest BCUT2D eigenvalue weighted by molar-refractivity contribution is 9.10. The summed E-state index contributed by atoms with van der Waals surface area (Å²) in [5, 5.41) is 24.6. The number of phenols is 1. The summed E-state index contributed by atoms with van der Waals surface area (Å²) in [6.45, 7) is 6.35. The molecule has 27 heavy (non-hydrogen) atoms. The molecule has 0 radical (unpaired) electrons. The molecule has 0 spiro atoms. The Morgan fingerprint density at radius 3 is 2.48 bits per heavy atom. The van der Waals surface area contributed by atoms with Crippen LogP contribution in [-0.4, -0.2) is 22.2 Å². The predicted molar refractivity (Wildman–Crippen MR) is 107 cm³/mol. The monoisotopic (exact) mass is 433 g/mol. The molecule has 0 heterocycles. The number of amides is 1. The van der Waals surface area contributed by atoms with Gasteiger partial charge in [-0.2, -0.15) is 5.10 Å². The zero-order valence-electron chi connectivity index (χ0n) is 15.2. The van der Waals surface area contributed by atoms with E-state index in [2.05, 4.69) is 47.2 Å². The summed E-state index contributed by atoms with van der Waals surface area (Å²) >= 11 is 3.14. The standard InChI is InChI=1S/C19H20BrN3O4/c1-19(2,3)14-6-4-12(5-7-14)8-17(24)22-21-11-13-9-15(20)10-16(18(13)25)23(26)27/h4-7,9-11,25H,8H2,1-3H3,(H,22,24). The van der Waals surface area contributed by atoms with Crippen molar-refractivity contribution in [2.45, 2.75) is 32.6 Å². The second kappa shape index (κ2) is 8.30. The highest BCUT2D eigenvalue weighted by Gasteiger charge is 2.17. The number of carbonyl (C=O) groups excluding carboxylic acids is 1. The minimum absolute atomic E-state index is 0.0413. The van der Waals surface area contributed by atoms with Crippen LogP contribution in [0, 0.1) is 10.1 Å². The van der Waals surface area contributed by atoms with Crippen LogP contribution in [0.5, 0.6) is 5.75 Å². The molecule has 0 fully saturated rings. The van der Waals surface area contributed by atoms with Gasteiger partial charge in [0.05, 0.1) is 17.6 Å². The van der Waals surface area contributed by atoms with E-state index < -0.39 is 16.4 Å². The predicted octanol–water partition coefficient (Wildman–Crippen LogP) is 4.05. The van der Waals surface area contributed by atoms with E-state index in [-0.39, 0.29) is 23.3 Å². The zero-order chi connectivity index (χ0) is 20.2. The van der Waals surface area contributed by atoms with Crippen LogP contribution in [0.3, 0.4) is 0 Å². The van der Waals surface area contributed by atoms with Crippen molar-refractivity contribution >= 4 is 33.7 Å².